The van der Waals surface area contributed by atoms with Crippen LogP contribution in [0.3, 0.4) is 0 Å². The third-order valence-electron chi connectivity index (χ3n) is 4.97. The molecule has 4 rings (SSSR count). The van der Waals surface area contributed by atoms with Crippen molar-refractivity contribution in [1.82, 2.24) is 4.90 Å². The van der Waals surface area contributed by atoms with E-state index in [0.717, 1.165) is 50.4 Å². The number of fused-ring (bicyclic) bond motifs is 2. The van der Waals surface area contributed by atoms with Crippen molar-refractivity contribution in [3.63, 3.8) is 0 Å². The van der Waals surface area contributed by atoms with Crippen molar-refractivity contribution < 1.29 is 4.79 Å². The van der Waals surface area contributed by atoms with Gasteiger partial charge >= 0.3 is 0 Å². The summed E-state index contributed by atoms with van der Waals surface area (Å²) in [5.74, 6) is 0.223. The van der Waals surface area contributed by atoms with Crippen LogP contribution in [0.4, 0.5) is 11.4 Å². The van der Waals surface area contributed by atoms with Gasteiger partial charge in [-0.3, -0.25) is 4.79 Å². The summed E-state index contributed by atoms with van der Waals surface area (Å²) in [5, 5.41) is 3.45. The molecule has 4 nitrogen and oxygen atoms in total. The van der Waals surface area contributed by atoms with Gasteiger partial charge in [0.05, 0.1) is 17.9 Å². The van der Waals surface area contributed by atoms with Gasteiger partial charge in [0.1, 0.15) is 0 Å². The number of benzene rings is 2. The molecule has 124 valence electrons. The van der Waals surface area contributed by atoms with Gasteiger partial charge in [-0.2, -0.15) is 0 Å². The standard InChI is InChI=1S/C20H23N3O/c24-20(23-13-10-16-6-1-2-7-17(16)14-23)15-22-12-5-11-21-18-8-3-4-9-19(18)22/h1-4,6-9,21H,5,10-15H2. The molecule has 2 aliphatic rings. The van der Waals surface area contributed by atoms with Crippen LogP contribution in [0.25, 0.3) is 0 Å². The summed E-state index contributed by atoms with van der Waals surface area (Å²) < 4.78 is 0. The first-order chi connectivity index (χ1) is 11.8. The highest BCUT2D eigenvalue weighted by atomic mass is 16.2. The molecule has 0 spiro atoms. The van der Waals surface area contributed by atoms with E-state index in [1.165, 1.54) is 11.1 Å². The predicted octanol–water partition coefficient (Wildman–Crippen LogP) is 2.89. The van der Waals surface area contributed by atoms with E-state index in [0.29, 0.717) is 6.54 Å². The van der Waals surface area contributed by atoms with E-state index in [4.69, 9.17) is 0 Å². The SMILES string of the molecule is O=C(CN1CCCNc2ccccc21)N1CCc2ccccc2C1. The van der Waals surface area contributed by atoms with Crippen LogP contribution in [0.1, 0.15) is 17.5 Å². The number of hydrogen-bond donors (Lipinski definition) is 1. The molecule has 0 saturated carbocycles. The highest BCUT2D eigenvalue weighted by molar-refractivity contribution is 5.84. The minimum atomic E-state index is 0.223. The Bertz CT molecular complexity index is 743. The summed E-state index contributed by atoms with van der Waals surface area (Å²) in [6, 6.07) is 16.7. The van der Waals surface area contributed by atoms with Crippen molar-refractivity contribution in [2.75, 3.05) is 36.4 Å². The van der Waals surface area contributed by atoms with Gasteiger partial charge in [0.25, 0.3) is 0 Å². The lowest BCUT2D eigenvalue weighted by Crippen LogP contribution is -2.43. The van der Waals surface area contributed by atoms with Crippen LogP contribution < -0.4 is 10.2 Å². The summed E-state index contributed by atoms with van der Waals surface area (Å²) in [6.07, 6.45) is 2.00. The van der Waals surface area contributed by atoms with E-state index in [2.05, 4.69) is 46.6 Å². The number of nitrogens with zero attached hydrogens (tertiary/aromatic N) is 2. The van der Waals surface area contributed by atoms with Crippen LogP contribution in [0.2, 0.25) is 0 Å². The van der Waals surface area contributed by atoms with E-state index in [1.807, 2.05) is 17.0 Å². The highest BCUT2D eigenvalue weighted by Crippen LogP contribution is 2.28. The van der Waals surface area contributed by atoms with Gasteiger partial charge in [-0.25, -0.2) is 0 Å². The Morgan fingerprint density at radius 1 is 1.00 bits per heavy atom. The average molecular weight is 321 g/mol. The average Bonchev–Trinajstić information content (AvgIpc) is 2.84. The molecule has 0 aliphatic carbocycles. The Labute approximate surface area is 143 Å². The lowest BCUT2D eigenvalue weighted by molar-refractivity contribution is -0.130. The van der Waals surface area contributed by atoms with Crippen LogP contribution in [-0.4, -0.2) is 37.0 Å². The minimum Gasteiger partial charge on any atom is -0.383 e. The number of nitrogens with one attached hydrogen (secondary N) is 1. The first-order valence-electron chi connectivity index (χ1n) is 8.74. The quantitative estimate of drug-likeness (QED) is 0.924. The molecule has 0 aromatic heterocycles. The van der Waals surface area contributed by atoms with E-state index in [9.17, 15) is 4.79 Å². The molecule has 0 bridgehead atoms. The molecule has 0 radical (unpaired) electrons. The summed E-state index contributed by atoms with van der Waals surface area (Å²) in [7, 11) is 0. The van der Waals surface area contributed by atoms with Gasteiger partial charge in [0.15, 0.2) is 0 Å². The van der Waals surface area contributed by atoms with E-state index >= 15 is 0 Å². The zero-order valence-electron chi connectivity index (χ0n) is 13.9. The maximum absolute atomic E-state index is 12.9. The Morgan fingerprint density at radius 2 is 1.79 bits per heavy atom. The molecular weight excluding hydrogens is 298 g/mol. The molecule has 0 saturated heterocycles. The summed E-state index contributed by atoms with van der Waals surface area (Å²) in [4.78, 5) is 17.1. The molecule has 2 aromatic rings. The first-order valence-corrected chi connectivity index (χ1v) is 8.74. The van der Waals surface area contributed by atoms with Crippen LogP contribution in [0.5, 0.6) is 0 Å². The van der Waals surface area contributed by atoms with Crippen molar-refractivity contribution in [3.05, 3.63) is 59.7 Å². The van der Waals surface area contributed by atoms with Gasteiger partial charge in [-0.05, 0) is 36.1 Å². The minimum absolute atomic E-state index is 0.223. The predicted molar refractivity (Wildman–Crippen MR) is 97.3 cm³/mol. The fourth-order valence-corrected chi connectivity index (χ4v) is 3.65. The third-order valence-corrected chi connectivity index (χ3v) is 4.97. The van der Waals surface area contributed by atoms with Crippen molar-refractivity contribution in [2.24, 2.45) is 0 Å². The molecule has 2 aromatic carbocycles. The zero-order valence-corrected chi connectivity index (χ0v) is 13.9. The van der Waals surface area contributed by atoms with Gasteiger partial charge in [-0.15, -0.1) is 0 Å². The first kappa shape index (κ1) is 15.1. The Morgan fingerprint density at radius 3 is 2.71 bits per heavy atom. The number of carbonyl (C=O) groups is 1. The maximum atomic E-state index is 12.9. The highest BCUT2D eigenvalue weighted by Gasteiger charge is 2.23. The smallest absolute Gasteiger partial charge is 0.242 e. The molecule has 1 N–H and O–H groups in total. The van der Waals surface area contributed by atoms with Crippen LogP contribution in [-0.2, 0) is 17.8 Å². The van der Waals surface area contributed by atoms with Crippen molar-refractivity contribution >= 4 is 17.3 Å². The number of para-hydroxylation sites is 2. The van der Waals surface area contributed by atoms with E-state index in [1.54, 1.807) is 0 Å². The van der Waals surface area contributed by atoms with Gasteiger partial charge in [0, 0.05) is 26.2 Å². The zero-order chi connectivity index (χ0) is 16.4. The Hall–Kier alpha value is -2.49. The van der Waals surface area contributed by atoms with Crippen molar-refractivity contribution in [1.29, 1.82) is 0 Å². The third kappa shape index (κ3) is 2.96. The van der Waals surface area contributed by atoms with Gasteiger partial charge in [-0.1, -0.05) is 36.4 Å². The summed E-state index contributed by atoms with van der Waals surface area (Å²) >= 11 is 0. The molecule has 24 heavy (non-hydrogen) atoms. The largest absolute Gasteiger partial charge is 0.383 e. The Kier molecular flexibility index (Phi) is 4.11. The molecular formula is C20H23N3O. The fourth-order valence-electron chi connectivity index (χ4n) is 3.65. The monoisotopic (exact) mass is 321 g/mol. The topological polar surface area (TPSA) is 35.6 Å². The number of rotatable bonds is 2. The Balaban J connectivity index is 1.49. The normalized spacial score (nSPS) is 16.7. The number of amides is 1. The molecule has 2 heterocycles. The second-order valence-corrected chi connectivity index (χ2v) is 6.55. The van der Waals surface area contributed by atoms with Crippen molar-refractivity contribution in [2.45, 2.75) is 19.4 Å². The molecule has 1 amide bonds. The van der Waals surface area contributed by atoms with Crippen LogP contribution in [0, 0.1) is 0 Å². The second-order valence-electron chi connectivity index (χ2n) is 6.55. The van der Waals surface area contributed by atoms with E-state index in [-0.39, 0.29) is 5.91 Å². The van der Waals surface area contributed by atoms with Gasteiger partial charge < -0.3 is 15.1 Å². The maximum Gasteiger partial charge on any atom is 0.242 e. The van der Waals surface area contributed by atoms with Crippen LogP contribution in [0.15, 0.2) is 48.5 Å². The number of anilines is 2. The molecule has 0 fully saturated rings. The lowest BCUT2D eigenvalue weighted by Gasteiger charge is -2.32. The number of carbonyl (C=O) groups excluding carboxylic acids is 1. The van der Waals surface area contributed by atoms with Gasteiger partial charge in [0.2, 0.25) is 5.91 Å². The van der Waals surface area contributed by atoms with Crippen LogP contribution >= 0.6 is 0 Å². The lowest BCUT2D eigenvalue weighted by atomic mass is 10.00. The number of hydrogen-bond acceptors (Lipinski definition) is 3. The molecule has 4 heteroatoms. The molecule has 0 atom stereocenters. The summed E-state index contributed by atoms with van der Waals surface area (Å²) in [6.45, 7) is 3.90. The molecule has 2 aliphatic heterocycles. The summed E-state index contributed by atoms with van der Waals surface area (Å²) in [5.41, 5.74) is 4.94. The van der Waals surface area contributed by atoms with E-state index < -0.39 is 0 Å². The fraction of sp³-hybridized carbons (Fsp3) is 0.350. The molecule has 0 unspecified atom stereocenters. The second kappa shape index (κ2) is 6.56. The van der Waals surface area contributed by atoms with Crippen molar-refractivity contribution in [3.8, 4) is 0 Å².